The highest BCUT2D eigenvalue weighted by atomic mass is 35.5. The van der Waals surface area contributed by atoms with Crippen molar-refractivity contribution in [1.29, 1.82) is 0 Å². The predicted molar refractivity (Wildman–Crippen MR) is 67.3 cm³/mol. The van der Waals surface area contributed by atoms with Gasteiger partial charge in [-0.1, -0.05) is 39.5 Å². The third-order valence-corrected chi connectivity index (χ3v) is 6.11. The Kier molecular flexibility index (Phi) is 8.02. The second-order valence-electron chi connectivity index (χ2n) is 3.69. The van der Waals surface area contributed by atoms with Crippen LogP contribution in [0.3, 0.4) is 0 Å². The highest BCUT2D eigenvalue weighted by Crippen LogP contribution is 2.24. The fourth-order valence-electron chi connectivity index (χ4n) is 1.22. The summed E-state index contributed by atoms with van der Waals surface area (Å²) in [6.07, 6.45) is 4.53. The largest absolute Gasteiger partial charge is 0.226 e. The summed E-state index contributed by atoms with van der Waals surface area (Å²) in [5, 5.41) is 0. The zero-order valence-electron chi connectivity index (χ0n) is 9.38. The van der Waals surface area contributed by atoms with E-state index in [1.807, 2.05) is 13.8 Å². The molecular formula is C10H20Cl2O2S. The molecule has 0 saturated heterocycles. The molecule has 0 saturated carbocycles. The Hall–Kier alpha value is 0.530. The lowest BCUT2D eigenvalue weighted by Gasteiger charge is -2.15. The van der Waals surface area contributed by atoms with E-state index in [1.165, 1.54) is 0 Å². The van der Waals surface area contributed by atoms with Gasteiger partial charge in [0.15, 0.2) is 9.84 Å². The van der Waals surface area contributed by atoms with Gasteiger partial charge in [0.1, 0.15) is 9.42 Å². The number of rotatable bonds is 8. The third kappa shape index (κ3) is 5.41. The van der Waals surface area contributed by atoms with Gasteiger partial charge in [-0.05, 0) is 12.8 Å². The van der Waals surface area contributed by atoms with E-state index in [2.05, 4.69) is 0 Å². The molecule has 0 spiro atoms. The number of hydrogen-bond donors (Lipinski definition) is 0. The van der Waals surface area contributed by atoms with Crippen LogP contribution in [0.25, 0.3) is 0 Å². The van der Waals surface area contributed by atoms with Crippen LogP contribution in [0.5, 0.6) is 0 Å². The Morgan fingerprint density at radius 2 is 1.27 bits per heavy atom. The molecule has 0 aliphatic rings. The minimum Gasteiger partial charge on any atom is -0.226 e. The summed E-state index contributed by atoms with van der Waals surface area (Å²) in [5.74, 6) is 0. The maximum Gasteiger partial charge on any atom is 0.183 e. The fourth-order valence-corrected chi connectivity index (χ4v) is 3.74. The molecule has 0 aromatic carbocycles. The fraction of sp³-hybridized carbons (Fsp3) is 1.00. The van der Waals surface area contributed by atoms with Crippen molar-refractivity contribution in [3.8, 4) is 0 Å². The van der Waals surface area contributed by atoms with Crippen molar-refractivity contribution < 1.29 is 8.42 Å². The van der Waals surface area contributed by atoms with E-state index in [4.69, 9.17) is 23.2 Å². The summed E-state index contributed by atoms with van der Waals surface area (Å²) in [4.78, 5) is 0. The van der Waals surface area contributed by atoms with Crippen molar-refractivity contribution >= 4 is 33.0 Å². The maximum atomic E-state index is 11.8. The normalized spacial score (nSPS) is 16.3. The van der Waals surface area contributed by atoms with Crippen LogP contribution in [0.15, 0.2) is 0 Å². The SMILES string of the molecule is CCCCC(Cl)S(=O)(=O)C(Cl)CCCC. The first-order valence-corrected chi connectivity index (χ1v) is 7.95. The second-order valence-corrected chi connectivity index (χ2v) is 7.58. The molecule has 0 radical (unpaired) electrons. The van der Waals surface area contributed by atoms with Crippen molar-refractivity contribution in [3.63, 3.8) is 0 Å². The van der Waals surface area contributed by atoms with Gasteiger partial charge >= 0.3 is 0 Å². The molecule has 2 nitrogen and oxygen atoms in total. The van der Waals surface area contributed by atoms with Crippen LogP contribution in [0, 0.1) is 0 Å². The molecule has 0 aromatic rings. The average molecular weight is 275 g/mol. The topological polar surface area (TPSA) is 34.1 Å². The van der Waals surface area contributed by atoms with Gasteiger partial charge < -0.3 is 0 Å². The smallest absolute Gasteiger partial charge is 0.183 e. The highest BCUT2D eigenvalue weighted by molar-refractivity contribution is 7.95. The third-order valence-electron chi connectivity index (χ3n) is 2.28. The molecule has 92 valence electrons. The summed E-state index contributed by atoms with van der Waals surface area (Å²) >= 11 is 11.7. The van der Waals surface area contributed by atoms with Gasteiger partial charge in [0.25, 0.3) is 0 Å². The molecule has 0 heterocycles. The molecule has 0 amide bonds. The van der Waals surface area contributed by atoms with Gasteiger partial charge in [0, 0.05) is 0 Å². The van der Waals surface area contributed by atoms with Crippen LogP contribution in [0.4, 0.5) is 0 Å². The summed E-state index contributed by atoms with van der Waals surface area (Å²) < 4.78 is 21.9. The lowest BCUT2D eigenvalue weighted by molar-refractivity contribution is 0.575. The number of halogens is 2. The van der Waals surface area contributed by atoms with Gasteiger partial charge in [-0.3, -0.25) is 0 Å². The van der Waals surface area contributed by atoms with Crippen LogP contribution < -0.4 is 0 Å². The molecule has 15 heavy (non-hydrogen) atoms. The first kappa shape index (κ1) is 15.5. The summed E-state index contributed by atoms with van der Waals surface area (Å²) in [5.41, 5.74) is 0. The van der Waals surface area contributed by atoms with Gasteiger partial charge in [0.2, 0.25) is 0 Å². The Morgan fingerprint density at radius 1 is 0.933 bits per heavy atom. The van der Waals surface area contributed by atoms with Crippen LogP contribution in [-0.2, 0) is 9.84 Å². The highest BCUT2D eigenvalue weighted by Gasteiger charge is 2.30. The minimum absolute atomic E-state index is 0.496. The number of alkyl halides is 2. The molecular weight excluding hydrogens is 255 g/mol. The van der Waals surface area contributed by atoms with Gasteiger partial charge in [-0.25, -0.2) is 8.42 Å². The van der Waals surface area contributed by atoms with Crippen LogP contribution in [-0.4, -0.2) is 17.8 Å². The molecule has 0 fully saturated rings. The Bertz CT molecular complexity index is 232. The molecule has 2 unspecified atom stereocenters. The van der Waals surface area contributed by atoms with Crippen LogP contribution >= 0.6 is 23.2 Å². The Balaban J connectivity index is 4.25. The molecule has 0 aliphatic carbocycles. The molecule has 0 aromatic heterocycles. The van der Waals surface area contributed by atoms with Crippen molar-refractivity contribution in [2.24, 2.45) is 0 Å². The summed E-state index contributed by atoms with van der Waals surface area (Å²) in [7, 11) is -3.35. The van der Waals surface area contributed by atoms with Gasteiger partial charge in [-0.2, -0.15) is 0 Å². The first-order chi connectivity index (χ1) is 6.96. The summed E-state index contributed by atoms with van der Waals surface area (Å²) in [6, 6.07) is 0. The summed E-state index contributed by atoms with van der Waals surface area (Å²) in [6.45, 7) is 4.01. The van der Waals surface area contributed by atoms with Crippen molar-refractivity contribution in [2.75, 3.05) is 0 Å². The van der Waals surface area contributed by atoms with Crippen molar-refractivity contribution in [2.45, 2.75) is 61.8 Å². The monoisotopic (exact) mass is 274 g/mol. The van der Waals surface area contributed by atoms with E-state index in [0.717, 1.165) is 25.7 Å². The first-order valence-electron chi connectivity index (χ1n) is 5.47. The van der Waals surface area contributed by atoms with Crippen molar-refractivity contribution in [3.05, 3.63) is 0 Å². The molecule has 0 bridgehead atoms. The minimum atomic E-state index is -3.35. The number of hydrogen-bond acceptors (Lipinski definition) is 2. The van der Waals surface area contributed by atoms with Crippen LogP contribution in [0.1, 0.15) is 52.4 Å². The van der Waals surface area contributed by atoms with E-state index >= 15 is 0 Å². The molecule has 0 N–H and O–H groups in total. The average Bonchev–Trinajstić information content (AvgIpc) is 2.21. The lowest BCUT2D eigenvalue weighted by Crippen LogP contribution is -2.24. The van der Waals surface area contributed by atoms with Gasteiger partial charge in [0.05, 0.1) is 0 Å². The van der Waals surface area contributed by atoms with Crippen molar-refractivity contribution in [1.82, 2.24) is 0 Å². The van der Waals surface area contributed by atoms with E-state index in [1.54, 1.807) is 0 Å². The maximum absolute atomic E-state index is 11.8. The molecule has 2 atom stereocenters. The van der Waals surface area contributed by atoms with E-state index in [-0.39, 0.29) is 0 Å². The number of unbranched alkanes of at least 4 members (excludes halogenated alkanes) is 2. The molecule has 0 rings (SSSR count). The standard InChI is InChI=1S/C10H20Cl2O2S/c1-3-5-7-9(11)15(13,14)10(12)8-6-4-2/h9-10H,3-8H2,1-2H3. The van der Waals surface area contributed by atoms with E-state index < -0.39 is 19.3 Å². The van der Waals surface area contributed by atoms with E-state index in [9.17, 15) is 8.42 Å². The zero-order chi connectivity index (χ0) is 11.9. The second kappa shape index (κ2) is 7.75. The predicted octanol–water partition coefficient (Wildman–Crippen LogP) is 3.91. The Labute approximate surface area is 103 Å². The molecule has 0 aliphatic heterocycles. The zero-order valence-corrected chi connectivity index (χ0v) is 11.7. The molecule has 5 heteroatoms. The van der Waals surface area contributed by atoms with Gasteiger partial charge in [-0.15, -0.1) is 23.2 Å². The van der Waals surface area contributed by atoms with Crippen LogP contribution in [0.2, 0.25) is 0 Å². The number of sulfone groups is 1. The Morgan fingerprint density at radius 3 is 1.53 bits per heavy atom. The lowest BCUT2D eigenvalue weighted by atomic mass is 10.3. The quantitative estimate of drug-likeness (QED) is 0.629. The van der Waals surface area contributed by atoms with E-state index in [0.29, 0.717) is 12.8 Å².